The fraction of sp³-hybridized carbons (Fsp3) is 0.133. The van der Waals surface area contributed by atoms with Crippen LogP contribution in [-0.4, -0.2) is 23.4 Å². The summed E-state index contributed by atoms with van der Waals surface area (Å²) in [6, 6.07) is 31.7. The summed E-state index contributed by atoms with van der Waals surface area (Å²) in [5.74, 6) is -0.0446. The zero-order chi connectivity index (χ0) is 24.5. The molecule has 0 bridgehead atoms. The van der Waals surface area contributed by atoms with Crippen LogP contribution in [0.4, 0.5) is 16.2 Å². The molecule has 178 valence electrons. The summed E-state index contributed by atoms with van der Waals surface area (Å²) in [4.78, 5) is 32.4. The van der Waals surface area contributed by atoms with Gasteiger partial charge in [0.25, 0.3) is 5.91 Å². The van der Waals surface area contributed by atoms with Crippen molar-refractivity contribution in [2.75, 3.05) is 16.8 Å². The Labute approximate surface area is 214 Å². The van der Waals surface area contributed by atoms with E-state index in [1.807, 2.05) is 94.7 Å². The van der Waals surface area contributed by atoms with E-state index in [1.165, 1.54) is 11.1 Å². The summed E-state index contributed by atoms with van der Waals surface area (Å²) < 4.78 is 0. The van der Waals surface area contributed by atoms with Crippen molar-refractivity contribution in [3.05, 3.63) is 119 Å². The van der Waals surface area contributed by atoms with Crippen LogP contribution in [0.2, 0.25) is 0 Å². The van der Waals surface area contributed by atoms with Crippen molar-refractivity contribution in [3.63, 3.8) is 0 Å². The molecule has 3 amide bonds. The second-order valence-electron chi connectivity index (χ2n) is 9.03. The smallest absolute Gasteiger partial charge is 0.320 e. The second kappa shape index (κ2) is 9.55. The van der Waals surface area contributed by atoms with Crippen LogP contribution in [-0.2, 0) is 19.5 Å². The van der Waals surface area contributed by atoms with Crippen molar-refractivity contribution < 1.29 is 9.59 Å². The van der Waals surface area contributed by atoms with Crippen LogP contribution in [0.1, 0.15) is 27.0 Å². The maximum absolute atomic E-state index is 13.7. The molecule has 6 rings (SSSR count). The minimum absolute atomic E-state index is 0.0446. The largest absolute Gasteiger partial charge is 0.322 e. The Bertz CT molecular complexity index is 1450. The fourth-order valence-electron chi connectivity index (χ4n) is 4.79. The van der Waals surface area contributed by atoms with Crippen molar-refractivity contribution in [2.45, 2.75) is 29.3 Å². The minimum Gasteiger partial charge on any atom is -0.320 e. The molecule has 0 aromatic heterocycles. The van der Waals surface area contributed by atoms with Crippen LogP contribution in [0, 0.1) is 0 Å². The molecule has 6 heteroatoms. The Kier molecular flexibility index (Phi) is 5.95. The van der Waals surface area contributed by atoms with Gasteiger partial charge in [-0.2, -0.15) is 0 Å². The Morgan fingerprint density at radius 1 is 0.833 bits per heavy atom. The first-order valence-corrected chi connectivity index (χ1v) is 12.9. The molecule has 0 radical (unpaired) electrons. The number of nitrogens with one attached hydrogen (secondary N) is 1. The zero-order valence-electron chi connectivity index (χ0n) is 19.7. The van der Waals surface area contributed by atoms with Crippen molar-refractivity contribution in [1.29, 1.82) is 0 Å². The first-order valence-electron chi connectivity index (χ1n) is 12.1. The first kappa shape index (κ1) is 22.4. The second-order valence-corrected chi connectivity index (χ2v) is 10.1. The molecule has 4 aromatic carbocycles. The van der Waals surface area contributed by atoms with E-state index in [9.17, 15) is 9.59 Å². The molecule has 2 aliphatic rings. The lowest BCUT2D eigenvalue weighted by Crippen LogP contribution is -2.38. The van der Waals surface area contributed by atoms with Crippen LogP contribution in [0.3, 0.4) is 0 Å². The summed E-state index contributed by atoms with van der Waals surface area (Å²) in [5, 5.41) is 3.07. The highest BCUT2D eigenvalue weighted by molar-refractivity contribution is 7.99. The van der Waals surface area contributed by atoms with Gasteiger partial charge in [0.05, 0.1) is 17.8 Å². The predicted octanol–water partition coefficient (Wildman–Crippen LogP) is 6.59. The Hall–Kier alpha value is -4.03. The van der Waals surface area contributed by atoms with Gasteiger partial charge in [0.15, 0.2) is 0 Å². The fourth-order valence-corrected chi connectivity index (χ4v) is 5.85. The van der Waals surface area contributed by atoms with Crippen molar-refractivity contribution in [3.8, 4) is 0 Å². The van der Waals surface area contributed by atoms with Crippen LogP contribution in [0.25, 0.3) is 0 Å². The quantitative estimate of drug-likeness (QED) is 0.352. The van der Waals surface area contributed by atoms with Gasteiger partial charge in [-0.1, -0.05) is 78.5 Å². The van der Waals surface area contributed by atoms with Crippen molar-refractivity contribution in [1.82, 2.24) is 4.90 Å². The highest BCUT2D eigenvalue weighted by Gasteiger charge is 2.28. The zero-order valence-corrected chi connectivity index (χ0v) is 20.5. The third-order valence-corrected chi connectivity index (χ3v) is 7.83. The molecule has 1 N–H and O–H groups in total. The molecule has 2 aliphatic heterocycles. The molecule has 0 fully saturated rings. The Morgan fingerprint density at radius 3 is 2.44 bits per heavy atom. The van der Waals surface area contributed by atoms with Crippen LogP contribution in [0.5, 0.6) is 0 Å². The molecule has 0 unspecified atom stereocenters. The van der Waals surface area contributed by atoms with E-state index in [0.717, 1.165) is 27.5 Å². The molecular weight excluding hydrogens is 466 g/mol. The number of anilines is 2. The normalized spacial score (nSPS) is 14.4. The van der Waals surface area contributed by atoms with Gasteiger partial charge in [-0.15, -0.1) is 0 Å². The molecule has 2 heterocycles. The van der Waals surface area contributed by atoms with Gasteiger partial charge in [-0.05, 0) is 53.4 Å². The summed E-state index contributed by atoms with van der Waals surface area (Å²) >= 11 is 1.58. The van der Waals surface area contributed by atoms with Gasteiger partial charge < -0.3 is 15.1 Å². The molecule has 5 nitrogen and oxygen atoms in total. The lowest BCUT2D eigenvalue weighted by molar-refractivity contribution is 0.0982. The molecule has 36 heavy (non-hydrogen) atoms. The lowest BCUT2D eigenvalue weighted by Gasteiger charge is -2.29. The third kappa shape index (κ3) is 4.36. The highest BCUT2D eigenvalue weighted by atomic mass is 32.2. The Balaban J connectivity index is 1.31. The Morgan fingerprint density at radius 2 is 1.58 bits per heavy atom. The summed E-state index contributed by atoms with van der Waals surface area (Å²) in [5.41, 5.74) is 5.70. The predicted molar refractivity (Wildman–Crippen MR) is 144 cm³/mol. The van der Waals surface area contributed by atoms with Crippen LogP contribution >= 0.6 is 11.8 Å². The molecular formula is C30H25N3O2S. The molecule has 4 aromatic rings. The number of urea groups is 1. The van der Waals surface area contributed by atoms with Crippen molar-refractivity contribution >= 4 is 35.1 Å². The van der Waals surface area contributed by atoms with E-state index in [1.54, 1.807) is 11.8 Å². The highest BCUT2D eigenvalue weighted by Crippen LogP contribution is 2.43. The van der Waals surface area contributed by atoms with E-state index in [-0.39, 0.29) is 11.9 Å². The number of hydrogen-bond acceptors (Lipinski definition) is 3. The molecule has 0 spiro atoms. The first-order chi connectivity index (χ1) is 17.7. The standard InChI is InChI=1S/C30H25N3O2S/c34-29-25-12-6-7-13-27(25)36-28-15-14-24(18-26(28)33(29)19-21-8-2-1-3-9-21)31-30(35)32-17-16-22-10-4-5-11-23(22)20-32/h1-15,18H,16-17,19-20H2,(H,31,35). The molecule has 0 atom stereocenters. The molecule has 0 saturated heterocycles. The maximum Gasteiger partial charge on any atom is 0.322 e. The summed E-state index contributed by atoms with van der Waals surface area (Å²) in [6.07, 6.45) is 0.849. The van der Waals surface area contributed by atoms with E-state index in [2.05, 4.69) is 17.4 Å². The average Bonchev–Trinajstić information content (AvgIpc) is 3.03. The number of fused-ring (bicyclic) bond motifs is 3. The average molecular weight is 492 g/mol. The maximum atomic E-state index is 13.7. The van der Waals surface area contributed by atoms with Gasteiger partial charge in [0.1, 0.15) is 0 Å². The van der Waals surface area contributed by atoms with Gasteiger partial charge in [-0.25, -0.2) is 4.79 Å². The summed E-state index contributed by atoms with van der Waals surface area (Å²) in [7, 11) is 0. The SMILES string of the molecule is O=C(Nc1ccc2c(c1)N(Cc1ccccc1)C(=O)c1ccccc1S2)N1CCc2ccccc2C1. The van der Waals surface area contributed by atoms with Crippen LogP contribution < -0.4 is 10.2 Å². The topological polar surface area (TPSA) is 52.7 Å². The minimum atomic E-state index is -0.130. The number of benzene rings is 4. The van der Waals surface area contributed by atoms with E-state index in [4.69, 9.17) is 0 Å². The van der Waals surface area contributed by atoms with E-state index >= 15 is 0 Å². The number of hydrogen-bond donors (Lipinski definition) is 1. The summed E-state index contributed by atoms with van der Waals surface area (Å²) in [6.45, 7) is 1.72. The van der Waals surface area contributed by atoms with Gasteiger partial charge in [0, 0.05) is 28.6 Å². The van der Waals surface area contributed by atoms with E-state index < -0.39 is 0 Å². The van der Waals surface area contributed by atoms with Gasteiger partial charge in [-0.3, -0.25) is 4.79 Å². The number of carbonyl (C=O) groups is 2. The van der Waals surface area contributed by atoms with Crippen LogP contribution in [0.15, 0.2) is 107 Å². The number of carbonyl (C=O) groups excluding carboxylic acids is 2. The van der Waals surface area contributed by atoms with Crippen molar-refractivity contribution in [2.24, 2.45) is 0 Å². The number of nitrogens with zero attached hydrogens (tertiary/aromatic N) is 2. The monoisotopic (exact) mass is 491 g/mol. The molecule has 0 aliphatic carbocycles. The van der Waals surface area contributed by atoms with Gasteiger partial charge >= 0.3 is 6.03 Å². The lowest BCUT2D eigenvalue weighted by atomic mass is 10.0. The number of rotatable bonds is 3. The van der Waals surface area contributed by atoms with E-state index in [0.29, 0.717) is 30.9 Å². The van der Waals surface area contributed by atoms with Gasteiger partial charge in [0.2, 0.25) is 0 Å². The molecule has 0 saturated carbocycles. The third-order valence-electron chi connectivity index (χ3n) is 6.68. The number of amides is 3.